The van der Waals surface area contributed by atoms with Crippen LogP contribution in [0, 0.1) is 0 Å². The molecule has 2 amide bonds. The lowest BCUT2D eigenvalue weighted by Crippen LogP contribution is -2.45. The number of rotatable bonds is 5. The highest BCUT2D eigenvalue weighted by atomic mass is 16.6. The van der Waals surface area contributed by atoms with Crippen LogP contribution in [0.3, 0.4) is 0 Å². The highest BCUT2D eigenvalue weighted by Crippen LogP contribution is 2.26. The number of urea groups is 1. The van der Waals surface area contributed by atoms with Crippen molar-refractivity contribution in [2.75, 3.05) is 20.3 Å². The molecular weight excluding hydrogens is 274 g/mol. The van der Waals surface area contributed by atoms with E-state index in [2.05, 4.69) is 15.6 Å². The molecule has 21 heavy (non-hydrogen) atoms. The standard InChI is InChI=1S/C14H17N3O4/c1-9-11(13(18)21-7-6-20-2)12(17-14(19)16-9)10-4-3-5-15-8-10/h3-5,8,12H,6-7H2,1-2H3,(H2,16,17,19)/t12-/m0/s1. The molecule has 1 aliphatic rings. The van der Waals surface area contributed by atoms with E-state index < -0.39 is 12.0 Å². The summed E-state index contributed by atoms with van der Waals surface area (Å²) in [5.41, 5.74) is 1.54. The Morgan fingerprint density at radius 2 is 2.24 bits per heavy atom. The molecule has 112 valence electrons. The average molecular weight is 291 g/mol. The number of carbonyl (C=O) groups excluding carboxylic acids is 2. The number of methoxy groups -OCH3 is 1. The van der Waals surface area contributed by atoms with Crippen molar-refractivity contribution < 1.29 is 19.1 Å². The third-order valence-corrected chi connectivity index (χ3v) is 3.03. The Balaban J connectivity index is 2.26. The van der Waals surface area contributed by atoms with Gasteiger partial charge in [0.1, 0.15) is 6.61 Å². The molecule has 0 saturated heterocycles. The van der Waals surface area contributed by atoms with E-state index in [1.807, 2.05) is 0 Å². The molecular formula is C14H17N3O4. The molecule has 1 aliphatic heterocycles. The lowest BCUT2D eigenvalue weighted by atomic mass is 9.97. The summed E-state index contributed by atoms with van der Waals surface area (Å²) >= 11 is 0. The van der Waals surface area contributed by atoms with Crippen molar-refractivity contribution >= 4 is 12.0 Å². The number of pyridine rings is 1. The molecule has 7 nitrogen and oxygen atoms in total. The summed E-state index contributed by atoms with van der Waals surface area (Å²) in [6.07, 6.45) is 3.23. The molecule has 0 unspecified atom stereocenters. The van der Waals surface area contributed by atoms with Crippen LogP contribution in [-0.4, -0.2) is 37.3 Å². The summed E-state index contributed by atoms with van der Waals surface area (Å²) in [6, 6.07) is 2.59. The second-order valence-electron chi connectivity index (χ2n) is 4.49. The first-order valence-electron chi connectivity index (χ1n) is 6.47. The smallest absolute Gasteiger partial charge is 0.338 e. The normalized spacial score (nSPS) is 18.0. The zero-order valence-electron chi connectivity index (χ0n) is 11.9. The van der Waals surface area contributed by atoms with Gasteiger partial charge >= 0.3 is 12.0 Å². The molecule has 0 aromatic carbocycles. The van der Waals surface area contributed by atoms with E-state index in [0.717, 1.165) is 0 Å². The third-order valence-electron chi connectivity index (χ3n) is 3.03. The van der Waals surface area contributed by atoms with Crippen molar-refractivity contribution in [3.8, 4) is 0 Å². The molecule has 0 fully saturated rings. The van der Waals surface area contributed by atoms with Gasteiger partial charge in [-0.25, -0.2) is 9.59 Å². The molecule has 1 aromatic rings. The summed E-state index contributed by atoms with van der Waals surface area (Å²) in [4.78, 5) is 27.9. The van der Waals surface area contributed by atoms with Crippen LogP contribution in [0.5, 0.6) is 0 Å². The van der Waals surface area contributed by atoms with E-state index in [1.165, 1.54) is 7.11 Å². The van der Waals surface area contributed by atoms with E-state index in [1.54, 1.807) is 31.5 Å². The van der Waals surface area contributed by atoms with Gasteiger partial charge in [-0.15, -0.1) is 0 Å². The van der Waals surface area contributed by atoms with Crippen LogP contribution in [-0.2, 0) is 14.3 Å². The summed E-state index contributed by atoms with van der Waals surface area (Å²) in [7, 11) is 1.53. The van der Waals surface area contributed by atoms with Crippen LogP contribution in [0.15, 0.2) is 35.8 Å². The van der Waals surface area contributed by atoms with Crippen LogP contribution >= 0.6 is 0 Å². The molecule has 0 spiro atoms. The number of carbonyl (C=O) groups is 2. The van der Waals surface area contributed by atoms with Gasteiger partial charge in [-0.05, 0) is 18.6 Å². The minimum atomic E-state index is -0.581. The maximum Gasteiger partial charge on any atom is 0.338 e. The summed E-state index contributed by atoms with van der Waals surface area (Å²) in [6.45, 7) is 2.13. The van der Waals surface area contributed by atoms with Crippen molar-refractivity contribution in [2.24, 2.45) is 0 Å². The molecule has 7 heteroatoms. The quantitative estimate of drug-likeness (QED) is 0.621. The van der Waals surface area contributed by atoms with Gasteiger partial charge < -0.3 is 20.1 Å². The Hall–Kier alpha value is -2.41. The van der Waals surface area contributed by atoms with E-state index in [4.69, 9.17) is 9.47 Å². The minimum Gasteiger partial charge on any atom is -0.460 e. The van der Waals surface area contributed by atoms with Crippen LogP contribution < -0.4 is 10.6 Å². The van der Waals surface area contributed by atoms with Crippen molar-refractivity contribution in [2.45, 2.75) is 13.0 Å². The maximum atomic E-state index is 12.2. The second-order valence-corrected chi connectivity index (χ2v) is 4.49. The molecule has 0 bridgehead atoms. The third kappa shape index (κ3) is 3.57. The van der Waals surface area contributed by atoms with Gasteiger partial charge in [-0.1, -0.05) is 6.07 Å². The number of esters is 1. The van der Waals surface area contributed by atoms with Gasteiger partial charge in [0.05, 0.1) is 18.2 Å². The molecule has 1 atom stereocenters. The number of nitrogens with one attached hydrogen (secondary N) is 2. The highest BCUT2D eigenvalue weighted by molar-refractivity contribution is 5.94. The summed E-state index contributed by atoms with van der Waals surface area (Å²) < 4.78 is 9.99. The topological polar surface area (TPSA) is 89.5 Å². The van der Waals surface area contributed by atoms with Gasteiger partial charge in [0, 0.05) is 25.2 Å². The first-order valence-corrected chi connectivity index (χ1v) is 6.47. The Kier molecular flexibility index (Phi) is 4.89. The van der Waals surface area contributed by atoms with E-state index >= 15 is 0 Å². The molecule has 1 aromatic heterocycles. The Morgan fingerprint density at radius 3 is 2.90 bits per heavy atom. The monoisotopic (exact) mass is 291 g/mol. The predicted octanol–water partition coefficient (Wildman–Crippen LogP) is 0.899. The molecule has 0 saturated carbocycles. The number of hydrogen-bond acceptors (Lipinski definition) is 5. The fourth-order valence-electron chi connectivity index (χ4n) is 2.06. The molecule has 2 N–H and O–H groups in total. The molecule has 2 rings (SSSR count). The number of allylic oxidation sites excluding steroid dienone is 1. The van der Waals surface area contributed by atoms with Gasteiger partial charge in [-0.2, -0.15) is 0 Å². The number of amides is 2. The first kappa shape index (κ1) is 15.0. The fourth-order valence-corrected chi connectivity index (χ4v) is 2.06. The average Bonchev–Trinajstić information content (AvgIpc) is 2.47. The number of hydrogen-bond donors (Lipinski definition) is 2. The Labute approximate surface area is 122 Å². The van der Waals surface area contributed by atoms with E-state index in [0.29, 0.717) is 23.4 Å². The second kappa shape index (κ2) is 6.85. The van der Waals surface area contributed by atoms with Crippen LogP contribution in [0.2, 0.25) is 0 Å². The predicted molar refractivity (Wildman–Crippen MR) is 74.2 cm³/mol. The highest BCUT2D eigenvalue weighted by Gasteiger charge is 2.32. The number of ether oxygens (including phenoxy) is 2. The summed E-state index contributed by atoms with van der Waals surface area (Å²) in [5.74, 6) is -0.495. The SMILES string of the molecule is COCCOC(=O)C1=C(C)NC(=O)N[C@H]1c1cccnc1. The van der Waals surface area contributed by atoms with Crippen LogP contribution in [0.25, 0.3) is 0 Å². The Morgan fingerprint density at radius 1 is 1.43 bits per heavy atom. The van der Waals surface area contributed by atoms with Crippen molar-refractivity contribution in [1.29, 1.82) is 0 Å². The van der Waals surface area contributed by atoms with Gasteiger partial charge in [0.15, 0.2) is 0 Å². The fraction of sp³-hybridized carbons (Fsp3) is 0.357. The molecule has 2 heterocycles. The van der Waals surface area contributed by atoms with Gasteiger partial charge in [0.2, 0.25) is 0 Å². The van der Waals surface area contributed by atoms with Gasteiger partial charge in [-0.3, -0.25) is 4.98 Å². The maximum absolute atomic E-state index is 12.2. The molecule has 0 radical (unpaired) electrons. The van der Waals surface area contributed by atoms with E-state index in [-0.39, 0.29) is 12.6 Å². The zero-order chi connectivity index (χ0) is 15.2. The number of aromatic nitrogens is 1. The first-order chi connectivity index (χ1) is 10.1. The van der Waals surface area contributed by atoms with Crippen LogP contribution in [0.1, 0.15) is 18.5 Å². The lowest BCUT2D eigenvalue weighted by Gasteiger charge is -2.27. The van der Waals surface area contributed by atoms with E-state index in [9.17, 15) is 9.59 Å². The van der Waals surface area contributed by atoms with Crippen molar-refractivity contribution in [1.82, 2.24) is 15.6 Å². The van der Waals surface area contributed by atoms with Crippen molar-refractivity contribution in [3.05, 3.63) is 41.4 Å². The minimum absolute atomic E-state index is 0.153. The molecule has 0 aliphatic carbocycles. The van der Waals surface area contributed by atoms with Crippen LogP contribution in [0.4, 0.5) is 4.79 Å². The lowest BCUT2D eigenvalue weighted by molar-refractivity contribution is -0.140. The van der Waals surface area contributed by atoms with Gasteiger partial charge in [0.25, 0.3) is 0 Å². The Bertz CT molecular complexity index is 557. The summed E-state index contributed by atoms with van der Waals surface area (Å²) in [5, 5.41) is 5.28. The number of nitrogens with zero attached hydrogens (tertiary/aromatic N) is 1. The largest absolute Gasteiger partial charge is 0.460 e. The van der Waals surface area contributed by atoms with Crippen molar-refractivity contribution in [3.63, 3.8) is 0 Å². The zero-order valence-corrected chi connectivity index (χ0v) is 11.9.